The minimum Gasteiger partial charge on any atom is -0.756 e. The van der Waals surface area contributed by atoms with E-state index in [0.717, 1.165) is 44.9 Å². The first-order valence-electron chi connectivity index (χ1n) is 19.4. The van der Waals surface area contributed by atoms with Gasteiger partial charge in [-0.2, -0.15) is 0 Å². The van der Waals surface area contributed by atoms with Crippen molar-refractivity contribution in [1.82, 2.24) is 5.32 Å². The zero-order valence-electron chi connectivity index (χ0n) is 31.7. The molecule has 282 valence electrons. The molecule has 0 aliphatic carbocycles. The van der Waals surface area contributed by atoms with Crippen LogP contribution in [0.2, 0.25) is 0 Å². The van der Waals surface area contributed by atoms with Gasteiger partial charge in [0.05, 0.1) is 39.9 Å². The number of phosphoric ester groups is 1. The minimum atomic E-state index is -4.59. The molecule has 0 saturated heterocycles. The number of carbonyl (C=O) groups is 1. The molecule has 2 N–H and O–H groups in total. The molecule has 0 aromatic heterocycles. The van der Waals surface area contributed by atoms with Crippen LogP contribution >= 0.6 is 7.82 Å². The second-order valence-electron chi connectivity index (χ2n) is 14.3. The van der Waals surface area contributed by atoms with Crippen LogP contribution in [0.15, 0.2) is 36.5 Å². The van der Waals surface area contributed by atoms with Crippen LogP contribution in [0.4, 0.5) is 0 Å². The van der Waals surface area contributed by atoms with E-state index < -0.39 is 26.6 Å². The number of allylic oxidation sites excluding steroid dienone is 5. The predicted molar refractivity (Wildman–Crippen MR) is 201 cm³/mol. The number of hydrogen-bond acceptors (Lipinski definition) is 6. The maximum Gasteiger partial charge on any atom is 0.268 e. The average Bonchev–Trinajstić information content (AvgIpc) is 3.02. The summed E-state index contributed by atoms with van der Waals surface area (Å²) in [4.78, 5) is 25.1. The minimum absolute atomic E-state index is 0.00843. The quantitative estimate of drug-likeness (QED) is 0.0300. The molecule has 0 bridgehead atoms. The lowest BCUT2D eigenvalue weighted by Crippen LogP contribution is -2.45. The molecule has 8 nitrogen and oxygen atoms in total. The summed E-state index contributed by atoms with van der Waals surface area (Å²) >= 11 is 0. The highest BCUT2D eigenvalue weighted by atomic mass is 31.2. The maximum absolute atomic E-state index is 12.7. The summed E-state index contributed by atoms with van der Waals surface area (Å²) < 4.78 is 23.0. The summed E-state index contributed by atoms with van der Waals surface area (Å²) in [5, 5.41) is 13.7. The van der Waals surface area contributed by atoms with Crippen molar-refractivity contribution in [2.24, 2.45) is 0 Å². The topological polar surface area (TPSA) is 108 Å². The third-order valence-corrected chi connectivity index (χ3v) is 9.29. The summed E-state index contributed by atoms with van der Waals surface area (Å²) in [7, 11) is 1.23. The SMILES string of the molecule is CCCCCCCC/C=C/CC/C=C/CC/C=C/C(O)C(COP(=O)([O-])OCC[N+](C)(C)C)NC(=O)CCCCCCCCCCCC. The van der Waals surface area contributed by atoms with Crippen molar-refractivity contribution in [2.45, 2.75) is 167 Å². The summed E-state index contributed by atoms with van der Waals surface area (Å²) in [5.74, 6) is -0.216. The molecule has 3 atom stereocenters. The highest BCUT2D eigenvalue weighted by Gasteiger charge is 2.23. The van der Waals surface area contributed by atoms with Gasteiger partial charge in [0.1, 0.15) is 13.2 Å². The van der Waals surface area contributed by atoms with Crippen LogP contribution in [-0.4, -0.2) is 68.5 Å². The van der Waals surface area contributed by atoms with Gasteiger partial charge in [-0.15, -0.1) is 0 Å². The molecule has 0 aliphatic heterocycles. The zero-order valence-corrected chi connectivity index (χ0v) is 32.6. The smallest absolute Gasteiger partial charge is 0.268 e. The maximum atomic E-state index is 12.7. The van der Waals surface area contributed by atoms with E-state index in [9.17, 15) is 19.4 Å². The second kappa shape index (κ2) is 31.7. The van der Waals surface area contributed by atoms with Gasteiger partial charge in [0.25, 0.3) is 7.82 Å². The predicted octanol–water partition coefficient (Wildman–Crippen LogP) is 9.33. The van der Waals surface area contributed by atoms with E-state index in [1.165, 1.54) is 89.9 Å². The van der Waals surface area contributed by atoms with Crippen LogP contribution in [0.25, 0.3) is 0 Å². The van der Waals surface area contributed by atoms with Gasteiger partial charge < -0.3 is 28.8 Å². The molecule has 0 aromatic carbocycles. The molecule has 0 saturated carbocycles. The molecule has 3 unspecified atom stereocenters. The molecule has 0 radical (unpaired) electrons. The van der Waals surface area contributed by atoms with Gasteiger partial charge in [-0.3, -0.25) is 9.36 Å². The van der Waals surface area contributed by atoms with Crippen LogP contribution < -0.4 is 10.2 Å². The summed E-state index contributed by atoms with van der Waals surface area (Å²) in [6.45, 7) is 4.56. The van der Waals surface area contributed by atoms with Gasteiger partial charge >= 0.3 is 0 Å². The fraction of sp³-hybridized carbons (Fsp3) is 0.821. The molecule has 48 heavy (non-hydrogen) atoms. The summed E-state index contributed by atoms with van der Waals surface area (Å²) in [6, 6.07) is -0.903. The van der Waals surface area contributed by atoms with Gasteiger partial charge in [-0.1, -0.05) is 140 Å². The number of hydrogen-bond donors (Lipinski definition) is 2. The van der Waals surface area contributed by atoms with E-state index in [-0.39, 0.29) is 12.5 Å². The lowest BCUT2D eigenvalue weighted by atomic mass is 10.1. The number of nitrogens with zero attached hydrogens (tertiary/aromatic N) is 1. The first-order chi connectivity index (χ1) is 23.0. The number of phosphoric acid groups is 1. The molecule has 0 aliphatic rings. The largest absolute Gasteiger partial charge is 0.756 e. The molecule has 0 fully saturated rings. The van der Waals surface area contributed by atoms with E-state index in [0.29, 0.717) is 17.4 Å². The Labute approximate surface area is 296 Å². The number of nitrogens with one attached hydrogen (secondary N) is 1. The monoisotopic (exact) mass is 699 g/mol. The number of aliphatic hydroxyl groups excluding tert-OH is 1. The van der Waals surface area contributed by atoms with Crippen molar-refractivity contribution in [1.29, 1.82) is 0 Å². The number of unbranched alkanes of at least 4 members (excludes halogenated alkanes) is 17. The van der Waals surface area contributed by atoms with Crippen molar-refractivity contribution >= 4 is 13.7 Å². The summed E-state index contributed by atoms with van der Waals surface area (Å²) in [5.41, 5.74) is 0. The third kappa shape index (κ3) is 33.2. The van der Waals surface area contributed by atoms with E-state index >= 15 is 0 Å². The van der Waals surface area contributed by atoms with Gasteiger partial charge in [0, 0.05) is 6.42 Å². The Bertz CT molecular complexity index is 886. The average molecular weight is 699 g/mol. The lowest BCUT2D eigenvalue weighted by molar-refractivity contribution is -0.870. The molecule has 1 amide bonds. The van der Waals surface area contributed by atoms with Crippen molar-refractivity contribution < 1.29 is 32.9 Å². The van der Waals surface area contributed by atoms with Gasteiger partial charge in [-0.05, 0) is 44.9 Å². The summed E-state index contributed by atoms with van der Waals surface area (Å²) in [6.07, 6.45) is 36.2. The fourth-order valence-corrected chi connectivity index (χ4v) is 5.90. The first kappa shape index (κ1) is 46.7. The Kier molecular flexibility index (Phi) is 30.8. The molecule has 0 aromatic rings. The highest BCUT2D eigenvalue weighted by Crippen LogP contribution is 2.38. The van der Waals surface area contributed by atoms with Crippen molar-refractivity contribution in [2.75, 3.05) is 40.9 Å². The Hall–Kier alpha value is -1.28. The number of likely N-dealkylation sites (N-methyl/N-ethyl adjacent to an activating group) is 1. The fourth-order valence-electron chi connectivity index (χ4n) is 5.18. The third-order valence-electron chi connectivity index (χ3n) is 8.33. The Morgan fingerprint density at radius 1 is 0.708 bits per heavy atom. The normalized spacial score (nSPS) is 15.1. The van der Waals surface area contributed by atoms with Crippen LogP contribution in [0.1, 0.15) is 155 Å². The van der Waals surface area contributed by atoms with Gasteiger partial charge in [-0.25, -0.2) is 0 Å². The molecule has 9 heteroatoms. The highest BCUT2D eigenvalue weighted by molar-refractivity contribution is 7.45. The Balaban J connectivity index is 4.61. The van der Waals surface area contributed by atoms with Crippen LogP contribution in [-0.2, 0) is 18.4 Å². The number of aliphatic hydroxyl groups is 1. The first-order valence-corrected chi connectivity index (χ1v) is 20.8. The van der Waals surface area contributed by atoms with E-state index in [4.69, 9.17) is 9.05 Å². The van der Waals surface area contributed by atoms with E-state index in [1.54, 1.807) is 6.08 Å². The standard InChI is InChI=1S/C39H75N2O6P/c1-6-8-10-12-14-16-18-19-20-21-22-23-24-26-28-30-32-38(42)37(36-47-48(44,45)46-35-34-41(3,4)5)40-39(43)33-31-29-27-25-17-15-13-11-9-7-2/h19-20,23-24,30,32,37-38,42H,6-18,21-22,25-29,31,33-36H2,1-5H3,(H-,40,43,44,45)/b20-19+,24-23+,32-30+. The van der Waals surface area contributed by atoms with Gasteiger partial charge in [0.15, 0.2) is 0 Å². The molecule has 0 spiro atoms. The number of amides is 1. The van der Waals surface area contributed by atoms with Crippen LogP contribution in [0.5, 0.6) is 0 Å². The Morgan fingerprint density at radius 2 is 1.17 bits per heavy atom. The number of quaternary nitrogens is 1. The molecular formula is C39H75N2O6P. The van der Waals surface area contributed by atoms with Gasteiger partial charge in [0.2, 0.25) is 5.91 Å². The van der Waals surface area contributed by atoms with E-state index in [1.807, 2.05) is 27.2 Å². The molecule has 0 rings (SSSR count). The zero-order chi connectivity index (χ0) is 35.8. The van der Waals surface area contributed by atoms with Crippen molar-refractivity contribution in [3.63, 3.8) is 0 Å². The van der Waals surface area contributed by atoms with Crippen LogP contribution in [0, 0.1) is 0 Å². The van der Waals surface area contributed by atoms with Crippen molar-refractivity contribution in [3.05, 3.63) is 36.5 Å². The molecular weight excluding hydrogens is 623 g/mol. The number of carbonyl (C=O) groups excluding carboxylic acids is 1. The lowest BCUT2D eigenvalue weighted by Gasteiger charge is -2.29. The molecule has 0 heterocycles. The van der Waals surface area contributed by atoms with E-state index in [2.05, 4.69) is 43.5 Å². The second-order valence-corrected chi connectivity index (χ2v) is 15.7. The van der Waals surface area contributed by atoms with Crippen LogP contribution in [0.3, 0.4) is 0 Å². The van der Waals surface area contributed by atoms with Crippen molar-refractivity contribution in [3.8, 4) is 0 Å². The Morgan fingerprint density at radius 3 is 1.69 bits per heavy atom. The number of rotatable bonds is 34.